The summed E-state index contributed by atoms with van der Waals surface area (Å²) in [5.74, 6) is -36.3. The molecular weight excluding hydrogens is 807 g/mol. The Hall–Kier alpha value is -7.01. The number of nitrogens with zero attached hydrogens (tertiary/aromatic N) is 5. The molecule has 9 rings (SSSR count). The van der Waals surface area contributed by atoms with Gasteiger partial charge in [-0.25, -0.2) is 81.4 Å². The molecule has 5 heterocycles. The van der Waals surface area contributed by atoms with E-state index in [1.807, 2.05) is 4.98 Å². The molecule has 9 nitrogen and oxygen atoms in total. The normalized spacial score (nSPS) is 12.8. The maximum absolute atomic E-state index is 16.4. The standard InChI is InChI=1S/C33H8F15N9/c1-49-25-11-8(16(39)23(46)24(25)47)29-51-26-3-2-4(34)12(35)13(36)5(3)27(50-26)55-32-9-10(18(41)22(45)21(44)17(9)40)33(57(32)48)56-30-7-6(28(52-30)53-31(11)54-29)14(37)19(42)20(43)15(7)38/h2,49H,1H3,(H3,50,51,52,53,54,55,56). The molecule has 24 heteroatoms. The highest BCUT2D eigenvalue weighted by Crippen LogP contribution is 2.41. The lowest BCUT2D eigenvalue weighted by molar-refractivity contribution is 0.339. The fourth-order valence-corrected chi connectivity index (χ4v) is 6.65. The van der Waals surface area contributed by atoms with Crippen LogP contribution < -0.4 is 27.3 Å². The van der Waals surface area contributed by atoms with Gasteiger partial charge >= 0.3 is 0 Å². The van der Waals surface area contributed by atoms with Crippen LogP contribution in [-0.4, -0.2) is 26.8 Å². The first-order valence-electron chi connectivity index (χ1n) is 15.4. The van der Waals surface area contributed by atoms with Crippen LogP contribution in [0.3, 0.4) is 0 Å². The molecule has 4 N–H and O–H groups in total. The van der Waals surface area contributed by atoms with Gasteiger partial charge in [-0.05, 0) is 6.07 Å². The Kier molecular flexibility index (Phi) is 7.35. The van der Waals surface area contributed by atoms with Crippen molar-refractivity contribution in [3.8, 4) is 0 Å². The second-order valence-corrected chi connectivity index (χ2v) is 12.1. The highest BCUT2D eigenvalue weighted by molar-refractivity contribution is 6.02. The summed E-state index contributed by atoms with van der Waals surface area (Å²) in [6.45, 7) is 0. The van der Waals surface area contributed by atoms with E-state index in [1.165, 1.54) is 0 Å². The van der Waals surface area contributed by atoms with Crippen molar-refractivity contribution in [2.45, 2.75) is 0 Å². The van der Waals surface area contributed by atoms with Crippen molar-refractivity contribution in [3.63, 3.8) is 0 Å². The minimum absolute atomic E-state index is 0.266. The van der Waals surface area contributed by atoms with Gasteiger partial charge in [0.25, 0.3) is 0 Å². The number of H-pyrrole nitrogens is 3. The van der Waals surface area contributed by atoms with Crippen molar-refractivity contribution in [1.82, 2.24) is 19.7 Å². The molecule has 0 saturated heterocycles. The zero-order valence-electron chi connectivity index (χ0n) is 27.0. The van der Waals surface area contributed by atoms with Crippen molar-refractivity contribution < 1.29 is 65.9 Å². The van der Waals surface area contributed by atoms with Crippen LogP contribution in [0.15, 0.2) is 26.0 Å². The van der Waals surface area contributed by atoms with Crippen molar-refractivity contribution in [3.05, 3.63) is 109 Å². The lowest BCUT2D eigenvalue weighted by atomic mass is 10.1. The monoisotopic (exact) mass is 815 g/mol. The van der Waals surface area contributed by atoms with Crippen LogP contribution in [0.2, 0.25) is 0 Å². The number of halogens is 15. The molecule has 0 saturated carbocycles. The van der Waals surface area contributed by atoms with E-state index in [4.69, 9.17) is 0 Å². The third-order valence-electron chi connectivity index (χ3n) is 9.12. The van der Waals surface area contributed by atoms with E-state index in [2.05, 4.69) is 35.3 Å². The van der Waals surface area contributed by atoms with E-state index in [0.29, 0.717) is 0 Å². The van der Waals surface area contributed by atoms with Crippen LogP contribution in [0.1, 0.15) is 0 Å². The van der Waals surface area contributed by atoms with Gasteiger partial charge in [-0.3, -0.25) is 0 Å². The van der Waals surface area contributed by atoms with E-state index in [9.17, 15) is 30.7 Å². The number of aromatic nitrogens is 4. The first-order chi connectivity index (χ1) is 27.0. The predicted octanol–water partition coefficient (Wildman–Crippen LogP) is 7.93. The number of benzene rings is 4. The van der Waals surface area contributed by atoms with Crippen LogP contribution in [0, 0.1) is 81.4 Å². The van der Waals surface area contributed by atoms with Gasteiger partial charge in [0.1, 0.15) is 34.2 Å². The zero-order chi connectivity index (χ0) is 40.8. The maximum atomic E-state index is 16.4. The fraction of sp³-hybridized carbons (Fsp3) is 0.0303. The molecule has 4 aromatic heterocycles. The van der Waals surface area contributed by atoms with Crippen LogP contribution in [0.4, 0.5) is 94.9 Å². The highest BCUT2D eigenvalue weighted by Gasteiger charge is 2.32. The van der Waals surface area contributed by atoms with Crippen LogP contribution >= 0.6 is 0 Å². The SMILES string of the molecule is CNc1c(F)c(F)c(F)c2c3[nH]c(c12)=Nc1[nH]c(c2c(F)c(F)c(F)c(F)c12)N=c1c2c(F)c(F)c(F)c(F)c2c(n1F)=Nc1[nH]c(c2cc(F)c(F)c(F)c12)N=3. The smallest absolute Gasteiger partial charge is 0.198 e. The largest absolute Gasteiger partial charge is 0.385 e. The Labute approximate surface area is 299 Å². The third-order valence-corrected chi connectivity index (χ3v) is 9.12. The van der Waals surface area contributed by atoms with E-state index >= 15 is 35.2 Å². The van der Waals surface area contributed by atoms with Gasteiger partial charge in [-0.15, -0.1) is 4.79 Å². The molecule has 1 aliphatic rings. The molecule has 0 atom stereocenters. The summed E-state index contributed by atoms with van der Waals surface area (Å²) in [7, 11) is 1.00. The van der Waals surface area contributed by atoms with Crippen LogP contribution in [0.5, 0.6) is 0 Å². The van der Waals surface area contributed by atoms with Gasteiger partial charge in [0.05, 0.1) is 43.4 Å². The van der Waals surface area contributed by atoms with E-state index in [-0.39, 0.29) is 6.07 Å². The summed E-state index contributed by atoms with van der Waals surface area (Å²) in [6, 6.07) is 0.266. The Morgan fingerprint density at radius 2 is 0.825 bits per heavy atom. The summed E-state index contributed by atoms with van der Waals surface area (Å²) >= 11 is 0. The molecule has 0 unspecified atom stereocenters. The average Bonchev–Trinajstić information content (AvgIpc) is 3.90. The molecular formula is C33H8F15N9. The zero-order valence-corrected chi connectivity index (χ0v) is 27.0. The first-order valence-corrected chi connectivity index (χ1v) is 15.4. The predicted molar refractivity (Wildman–Crippen MR) is 166 cm³/mol. The van der Waals surface area contributed by atoms with Crippen LogP contribution in [-0.2, 0) is 0 Å². The minimum Gasteiger partial charge on any atom is -0.385 e. The molecule has 0 fully saturated rings. The molecule has 0 spiro atoms. The summed E-state index contributed by atoms with van der Waals surface area (Å²) in [5.41, 5.74) is -6.11. The van der Waals surface area contributed by atoms with Gasteiger partial charge in [-0.1, -0.05) is 4.48 Å². The second-order valence-electron chi connectivity index (χ2n) is 12.1. The summed E-state index contributed by atoms with van der Waals surface area (Å²) in [6.07, 6.45) is 0. The van der Waals surface area contributed by atoms with E-state index < -0.39 is 180 Å². The number of nitrogens with one attached hydrogen (secondary N) is 4. The molecule has 8 aromatic rings. The molecule has 290 valence electrons. The Morgan fingerprint density at radius 3 is 1.37 bits per heavy atom. The minimum atomic E-state index is -2.59. The molecule has 0 radical (unpaired) electrons. The number of hydrogen-bond donors (Lipinski definition) is 4. The average molecular weight is 815 g/mol. The number of rotatable bonds is 1. The molecule has 8 bridgehead atoms. The number of aromatic amines is 3. The number of fused-ring (bicyclic) bond motifs is 20. The third kappa shape index (κ3) is 4.50. The van der Waals surface area contributed by atoms with Crippen molar-refractivity contribution in [2.75, 3.05) is 12.4 Å². The van der Waals surface area contributed by atoms with E-state index in [0.717, 1.165) is 7.05 Å². The van der Waals surface area contributed by atoms with Gasteiger partial charge in [0.15, 0.2) is 92.4 Å². The maximum Gasteiger partial charge on any atom is 0.198 e. The first kappa shape index (κ1) is 35.7. The quantitative estimate of drug-likeness (QED) is 0.0754. The topological polar surface area (TPSA) is 114 Å². The molecule has 57 heavy (non-hydrogen) atoms. The van der Waals surface area contributed by atoms with Crippen molar-refractivity contribution in [1.29, 1.82) is 0 Å². The lowest BCUT2D eigenvalue weighted by Gasteiger charge is -2.06. The summed E-state index contributed by atoms with van der Waals surface area (Å²) in [5, 5.41) is -7.72. The second kappa shape index (κ2) is 11.8. The van der Waals surface area contributed by atoms with Gasteiger partial charge in [0.2, 0.25) is 0 Å². The molecule has 0 amide bonds. The highest BCUT2D eigenvalue weighted by atomic mass is 19.2. The van der Waals surface area contributed by atoms with Gasteiger partial charge in [0, 0.05) is 12.4 Å². The van der Waals surface area contributed by atoms with Crippen LogP contribution in [0.25, 0.3) is 43.1 Å². The molecule has 1 aliphatic heterocycles. The molecule has 4 aromatic carbocycles. The van der Waals surface area contributed by atoms with Crippen molar-refractivity contribution >= 4 is 72.0 Å². The van der Waals surface area contributed by atoms with Gasteiger partial charge in [-0.2, -0.15) is 0 Å². The fourth-order valence-electron chi connectivity index (χ4n) is 6.65. The Morgan fingerprint density at radius 1 is 0.421 bits per heavy atom. The van der Waals surface area contributed by atoms with Crippen molar-refractivity contribution in [2.24, 2.45) is 20.0 Å². The summed E-state index contributed by atoms with van der Waals surface area (Å²) < 4.78 is 228. The lowest BCUT2D eigenvalue weighted by Crippen LogP contribution is -2.21. The Bertz CT molecular complexity index is 3470. The van der Waals surface area contributed by atoms with Gasteiger partial charge < -0.3 is 20.3 Å². The summed E-state index contributed by atoms with van der Waals surface area (Å²) in [4.78, 5) is 20.5. The molecule has 0 aliphatic carbocycles. The number of hydrogen-bond acceptors (Lipinski definition) is 5. The van der Waals surface area contributed by atoms with E-state index in [1.54, 1.807) is 0 Å². The number of anilines is 1. The Balaban J connectivity index is 1.63.